The van der Waals surface area contributed by atoms with Crippen LogP contribution in [0, 0.1) is 0 Å². The summed E-state index contributed by atoms with van der Waals surface area (Å²) in [5.74, 6) is 0.124. The molecule has 0 amide bonds. The summed E-state index contributed by atoms with van der Waals surface area (Å²) in [6.45, 7) is 0. The molecule has 1 N–H and O–H groups in total. The third-order valence-electron chi connectivity index (χ3n) is 1.02. The van der Waals surface area contributed by atoms with E-state index in [2.05, 4.69) is 14.4 Å². The van der Waals surface area contributed by atoms with E-state index in [-0.39, 0.29) is 5.82 Å². The fourth-order valence-electron chi connectivity index (χ4n) is 0.526. The zero-order valence-electron chi connectivity index (χ0n) is 6.26. The van der Waals surface area contributed by atoms with Gasteiger partial charge in [0.2, 0.25) is 0 Å². The Kier molecular flexibility index (Phi) is 2.56. The van der Waals surface area contributed by atoms with Crippen LogP contribution in [-0.2, 0) is 14.5 Å². The number of nitrogens with zero attached hydrogens (tertiary/aromatic N) is 2. The Morgan fingerprint density at radius 2 is 2.33 bits per heavy atom. The highest BCUT2D eigenvalue weighted by Gasteiger charge is 2.07. The van der Waals surface area contributed by atoms with Gasteiger partial charge in [-0.25, -0.2) is 4.72 Å². The Labute approximate surface area is 69.8 Å². The van der Waals surface area contributed by atoms with Gasteiger partial charge in [-0.3, -0.25) is 4.18 Å². The van der Waals surface area contributed by atoms with Gasteiger partial charge in [-0.15, -0.1) is 5.10 Å². The van der Waals surface area contributed by atoms with Crippen molar-refractivity contribution in [3.05, 3.63) is 18.3 Å². The molecule has 0 bridgehead atoms. The molecule has 0 aromatic carbocycles. The second kappa shape index (κ2) is 3.46. The van der Waals surface area contributed by atoms with Crippen molar-refractivity contribution in [3.8, 4) is 0 Å². The summed E-state index contributed by atoms with van der Waals surface area (Å²) < 4.78 is 27.7. The number of rotatable bonds is 3. The molecule has 0 saturated heterocycles. The van der Waals surface area contributed by atoms with E-state index in [1.807, 2.05) is 4.72 Å². The maximum atomic E-state index is 10.8. The van der Waals surface area contributed by atoms with Crippen LogP contribution in [0.15, 0.2) is 18.3 Å². The van der Waals surface area contributed by atoms with Crippen LogP contribution < -0.4 is 4.72 Å². The highest BCUT2D eigenvalue weighted by molar-refractivity contribution is 7.88. The van der Waals surface area contributed by atoms with Gasteiger partial charge in [-0.2, -0.15) is 13.5 Å². The molecule has 66 valence electrons. The molecule has 6 nitrogen and oxygen atoms in total. The summed E-state index contributed by atoms with van der Waals surface area (Å²) in [6.07, 6.45) is 1.44. The number of anilines is 1. The van der Waals surface area contributed by atoms with E-state index in [9.17, 15) is 8.42 Å². The zero-order valence-corrected chi connectivity index (χ0v) is 7.08. The lowest BCUT2D eigenvalue weighted by Crippen LogP contribution is -2.14. The number of hydrogen-bond donors (Lipinski definition) is 1. The van der Waals surface area contributed by atoms with Crippen molar-refractivity contribution in [1.29, 1.82) is 0 Å². The minimum absolute atomic E-state index is 0.124. The van der Waals surface area contributed by atoms with Crippen LogP contribution in [0.5, 0.6) is 0 Å². The first-order valence-electron chi connectivity index (χ1n) is 3.00. The fraction of sp³-hybridized carbons (Fsp3) is 0.200. The second-order valence-electron chi connectivity index (χ2n) is 1.83. The first-order chi connectivity index (χ1) is 5.64. The molecule has 0 saturated carbocycles. The van der Waals surface area contributed by atoms with Crippen molar-refractivity contribution in [2.45, 2.75) is 0 Å². The minimum atomic E-state index is -3.73. The molecule has 1 heterocycles. The van der Waals surface area contributed by atoms with Gasteiger partial charge >= 0.3 is 10.3 Å². The largest absolute Gasteiger partial charge is 0.360 e. The highest BCUT2D eigenvalue weighted by atomic mass is 32.2. The van der Waals surface area contributed by atoms with Gasteiger partial charge in [0.25, 0.3) is 0 Å². The Morgan fingerprint density at radius 1 is 1.58 bits per heavy atom. The van der Waals surface area contributed by atoms with Crippen molar-refractivity contribution in [2.75, 3.05) is 11.8 Å². The number of aromatic nitrogens is 2. The fourth-order valence-corrected chi connectivity index (χ4v) is 0.974. The monoisotopic (exact) mass is 189 g/mol. The Morgan fingerprint density at radius 3 is 2.83 bits per heavy atom. The smallest absolute Gasteiger partial charge is 0.257 e. The molecule has 0 unspecified atom stereocenters. The number of nitrogens with one attached hydrogen (secondary N) is 1. The molecule has 1 aromatic rings. The quantitative estimate of drug-likeness (QED) is 0.710. The summed E-state index contributed by atoms with van der Waals surface area (Å²) in [6, 6.07) is 3.02. The van der Waals surface area contributed by atoms with E-state index in [0.717, 1.165) is 7.11 Å². The van der Waals surface area contributed by atoms with E-state index < -0.39 is 10.3 Å². The average molecular weight is 189 g/mol. The maximum Gasteiger partial charge on any atom is 0.360 e. The van der Waals surface area contributed by atoms with Crippen LogP contribution in [-0.4, -0.2) is 25.7 Å². The first-order valence-corrected chi connectivity index (χ1v) is 4.41. The topological polar surface area (TPSA) is 81.2 Å². The van der Waals surface area contributed by atoms with Crippen molar-refractivity contribution in [3.63, 3.8) is 0 Å². The summed E-state index contributed by atoms with van der Waals surface area (Å²) >= 11 is 0. The molecule has 0 atom stereocenters. The van der Waals surface area contributed by atoms with Crippen LogP contribution in [0.4, 0.5) is 5.82 Å². The van der Waals surface area contributed by atoms with Gasteiger partial charge in [0.1, 0.15) is 0 Å². The van der Waals surface area contributed by atoms with Gasteiger partial charge in [-0.1, -0.05) is 0 Å². The predicted octanol–water partition coefficient (Wildman–Crippen LogP) is -0.220. The zero-order chi connectivity index (χ0) is 9.03. The van der Waals surface area contributed by atoms with Crippen LogP contribution in [0.25, 0.3) is 0 Å². The molecular formula is C5H7N3O3S. The lowest BCUT2D eigenvalue weighted by atomic mass is 10.6. The van der Waals surface area contributed by atoms with Crippen LogP contribution in [0.1, 0.15) is 0 Å². The molecule has 0 aliphatic rings. The molecular weight excluding hydrogens is 182 g/mol. The third kappa shape index (κ3) is 2.44. The van der Waals surface area contributed by atoms with E-state index >= 15 is 0 Å². The molecule has 0 aliphatic heterocycles. The lowest BCUT2D eigenvalue weighted by molar-refractivity contribution is 0.402. The SMILES string of the molecule is COS(=O)(=O)Nc1cccnn1. The van der Waals surface area contributed by atoms with E-state index in [4.69, 9.17) is 0 Å². The molecule has 0 fully saturated rings. The molecule has 1 aromatic heterocycles. The second-order valence-corrected chi connectivity index (χ2v) is 3.28. The predicted molar refractivity (Wildman–Crippen MR) is 41.6 cm³/mol. The van der Waals surface area contributed by atoms with Gasteiger partial charge < -0.3 is 0 Å². The van der Waals surface area contributed by atoms with E-state index in [1.165, 1.54) is 12.3 Å². The standard InChI is InChI=1S/C5H7N3O3S/c1-11-12(9,10)8-5-3-2-4-6-7-5/h2-4H,1H3,(H,7,8). The highest BCUT2D eigenvalue weighted by Crippen LogP contribution is 2.01. The maximum absolute atomic E-state index is 10.8. The van der Waals surface area contributed by atoms with Crippen LogP contribution >= 0.6 is 0 Å². The Hall–Kier alpha value is -1.21. The summed E-state index contributed by atoms with van der Waals surface area (Å²) in [4.78, 5) is 0. The van der Waals surface area contributed by atoms with Gasteiger partial charge in [0.05, 0.1) is 7.11 Å². The average Bonchev–Trinajstić information content (AvgIpc) is 2.06. The Bertz CT molecular complexity index is 336. The van der Waals surface area contributed by atoms with E-state index in [0.29, 0.717) is 0 Å². The molecule has 0 aliphatic carbocycles. The lowest BCUT2D eigenvalue weighted by Gasteiger charge is -2.01. The van der Waals surface area contributed by atoms with Gasteiger partial charge in [0, 0.05) is 6.20 Å². The summed E-state index contributed by atoms with van der Waals surface area (Å²) in [7, 11) is -2.67. The van der Waals surface area contributed by atoms with Crippen molar-refractivity contribution in [2.24, 2.45) is 0 Å². The summed E-state index contributed by atoms with van der Waals surface area (Å²) in [5, 5.41) is 6.96. The van der Waals surface area contributed by atoms with Crippen molar-refractivity contribution >= 4 is 16.1 Å². The molecule has 12 heavy (non-hydrogen) atoms. The molecule has 0 spiro atoms. The number of hydrogen-bond acceptors (Lipinski definition) is 5. The van der Waals surface area contributed by atoms with E-state index in [1.54, 1.807) is 6.07 Å². The minimum Gasteiger partial charge on any atom is -0.257 e. The Balaban J connectivity index is 2.78. The van der Waals surface area contributed by atoms with Gasteiger partial charge in [0.15, 0.2) is 5.82 Å². The van der Waals surface area contributed by atoms with Gasteiger partial charge in [-0.05, 0) is 12.1 Å². The van der Waals surface area contributed by atoms with Crippen LogP contribution in [0.2, 0.25) is 0 Å². The van der Waals surface area contributed by atoms with Crippen molar-refractivity contribution in [1.82, 2.24) is 10.2 Å². The third-order valence-corrected chi connectivity index (χ3v) is 1.92. The summed E-state index contributed by atoms with van der Waals surface area (Å²) in [5.41, 5.74) is 0. The molecule has 7 heteroatoms. The van der Waals surface area contributed by atoms with Crippen LogP contribution in [0.3, 0.4) is 0 Å². The molecule has 0 radical (unpaired) electrons. The van der Waals surface area contributed by atoms with Crippen molar-refractivity contribution < 1.29 is 12.6 Å². The molecule has 1 rings (SSSR count). The first kappa shape index (κ1) is 8.88. The normalized spacial score (nSPS) is 11.1.